The number of ether oxygens (including phenoxy) is 2. The van der Waals surface area contributed by atoms with Crippen molar-refractivity contribution < 1.29 is 14.3 Å². The van der Waals surface area contributed by atoms with Gasteiger partial charge in [0.2, 0.25) is 0 Å². The molecule has 2 fully saturated rings. The van der Waals surface area contributed by atoms with Gasteiger partial charge in [0.1, 0.15) is 0 Å². The Balaban J connectivity index is 1.87. The molecule has 0 bridgehead atoms. The highest BCUT2D eigenvalue weighted by atomic mass is 79.9. The average Bonchev–Trinajstić information content (AvgIpc) is 3.22. The van der Waals surface area contributed by atoms with Gasteiger partial charge in [0.15, 0.2) is 23.4 Å². The van der Waals surface area contributed by atoms with Gasteiger partial charge in [0.25, 0.3) is 0 Å². The second-order valence-corrected chi connectivity index (χ2v) is 7.71. The molecule has 0 aromatic heterocycles. The minimum Gasteiger partial charge on any atom is -0.493 e. The Morgan fingerprint density at radius 2 is 2.36 bits per heavy atom. The zero-order valence-corrected chi connectivity index (χ0v) is 14.2. The first-order valence-corrected chi connectivity index (χ1v) is 8.79. The molecule has 5 atom stereocenters. The van der Waals surface area contributed by atoms with E-state index >= 15 is 0 Å². The largest absolute Gasteiger partial charge is 0.493 e. The molecule has 1 saturated heterocycles. The molecule has 1 saturated carbocycles. The van der Waals surface area contributed by atoms with Crippen molar-refractivity contribution in [1.82, 2.24) is 5.32 Å². The first-order chi connectivity index (χ1) is 10.6. The van der Waals surface area contributed by atoms with Crippen molar-refractivity contribution in [2.75, 3.05) is 7.11 Å². The van der Waals surface area contributed by atoms with Crippen LogP contribution in [-0.2, 0) is 10.2 Å². The number of fused-ring (bicyclic) bond motifs is 3. The Hall–Kier alpha value is -1.07. The van der Waals surface area contributed by atoms with Crippen LogP contribution in [0.4, 0.5) is 0 Å². The molecule has 2 heterocycles. The molecule has 5 rings (SSSR count). The fourth-order valence-electron chi connectivity index (χ4n) is 5.32. The fourth-order valence-corrected chi connectivity index (χ4v) is 5.97. The first kappa shape index (κ1) is 13.4. The van der Waals surface area contributed by atoms with Gasteiger partial charge in [-0.1, -0.05) is 22.9 Å². The molecule has 0 radical (unpaired) electrons. The maximum atomic E-state index is 12.6. The van der Waals surface area contributed by atoms with Gasteiger partial charge in [0, 0.05) is 34.0 Å². The summed E-state index contributed by atoms with van der Waals surface area (Å²) in [5, 5.41) is 3.65. The lowest BCUT2D eigenvalue weighted by Gasteiger charge is -2.46. The molecule has 22 heavy (non-hydrogen) atoms. The van der Waals surface area contributed by atoms with Crippen LogP contribution in [0.15, 0.2) is 10.5 Å². The number of nitrogens with one attached hydrogen (secondary N) is 1. The monoisotopic (exact) mass is 363 g/mol. The van der Waals surface area contributed by atoms with Gasteiger partial charge in [-0.15, -0.1) is 0 Å². The molecule has 0 amide bonds. The van der Waals surface area contributed by atoms with E-state index in [-0.39, 0.29) is 17.3 Å². The van der Waals surface area contributed by atoms with E-state index in [0.29, 0.717) is 24.4 Å². The molecule has 4 nitrogen and oxygen atoms in total. The van der Waals surface area contributed by atoms with Gasteiger partial charge in [-0.05, 0) is 30.4 Å². The number of methoxy groups -OCH3 is 1. The van der Waals surface area contributed by atoms with Crippen molar-refractivity contribution in [1.29, 1.82) is 0 Å². The number of Topliss-reactive ketones (excluding diaryl/α,β-unsaturated/α-hetero) is 1. The highest BCUT2D eigenvalue weighted by Crippen LogP contribution is 2.66. The SMILES string of the molecule is CC[C@]12c3c4c(OC)cc(Br)c3C3NC3C1CCC(=O)C2O4. The second-order valence-electron chi connectivity index (χ2n) is 6.85. The Bertz CT molecular complexity index is 718. The standard InChI is InChI=1S/C17H18BrNO3/c1-3-17-7-4-5-9(20)16(17)22-15-10(21-2)6-8(18)11(12(15)17)14-13(7)19-14/h6-7,13-14,16,19H,3-5H2,1-2H3/t7?,13?,14?,16?,17-/m1/s1. The Morgan fingerprint density at radius 3 is 3.09 bits per heavy atom. The van der Waals surface area contributed by atoms with Gasteiger partial charge in [-0.2, -0.15) is 0 Å². The second kappa shape index (κ2) is 4.06. The predicted molar refractivity (Wildman–Crippen MR) is 84.5 cm³/mol. The van der Waals surface area contributed by atoms with Gasteiger partial charge in [-0.25, -0.2) is 0 Å². The Labute approximate surface area is 137 Å². The molecule has 116 valence electrons. The summed E-state index contributed by atoms with van der Waals surface area (Å²) in [5.41, 5.74) is 2.34. The number of carbonyl (C=O) groups is 1. The van der Waals surface area contributed by atoms with E-state index in [0.717, 1.165) is 28.8 Å². The summed E-state index contributed by atoms with van der Waals surface area (Å²) >= 11 is 3.72. The summed E-state index contributed by atoms with van der Waals surface area (Å²) in [6.07, 6.45) is 2.19. The summed E-state index contributed by atoms with van der Waals surface area (Å²) in [4.78, 5) is 12.6. The highest BCUT2D eigenvalue weighted by molar-refractivity contribution is 9.10. The quantitative estimate of drug-likeness (QED) is 0.820. The van der Waals surface area contributed by atoms with Crippen LogP contribution >= 0.6 is 15.9 Å². The molecular formula is C17H18BrNO3. The van der Waals surface area contributed by atoms with Crippen molar-refractivity contribution in [2.45, 2.75) is 49.8 Å². The zero-order chi connectivity index (χ0) is 15.2. The smallest absolute Gasteiger partial charge is 0.174 e. The number of carbonyl (C=O) groups excluding carboxylic acids is 1. The van der Waals surface area contributed by atoms with Crippen molar-refractivity contribution in [3.8, 4) is 11.5 Å². The third-order valence-corrected chi connectivity index (χ3v) is 6.89. The topological polar surface area (TPSA) is 57.5 Å². The van der Waals surface area contributed by atoms with Crippen LogP contribution < -0.4 is 14.8 Å². The van der Waals surface area contributed by atoms with E-state index in [9.17, 15) is 4.79 Å². The normalized spacial score (nSPS) is 39.9. The van der Waals surface area contributed by atoms with Crippen molar-refractivity contribution in [3.63, 3.8) is 0 Å². The maximum Gasteiger partial charge on any atom is 0.174 e. The number of hydrogen-bond acceptors (Lipinski definition) is 4. The summed E-state index contributed by atoms with van der Waals surface area (Å²) < 4.78 is 12.8. The lowest BCUT2D eigenvalue weighted by molar-refractivity contribution is -0.133. The van der Waals surface area contributed by atoms with Crippen molar-refractivity contribution in [3.05, 3.63) is 21.7 Å². The first-order valence-electron chi connectivity index (χ1n) is 7.99. The number of benzene rings is 1. The lowest BCUT2D eigenvalue weighted by atomic mass is 9.55. The number of halogens is 1. The van der Waals surface area contributed by atoms with Crippen LogP contribution in [0.2, 0.25) is 0 Å². The third kappa shape index (κ3) is 1.28. The summed E-state index contributed by atoms with van der Waals surface area (Å²) in [6, 6.07) is 2.87. The number of rotatable bonds is 2. The Kier molecular flexibility index (Phi) is 2.47. The van der Waals surface area contributed by atoms with Crippen LogP contribution in [0, 0.1) is 5.92 Å². The highest BCUT2D eigenvalue weighted by Gasteiger charge is 2.68. The molecule has 1 N–H and O–H groups in total. The van der Waals surface area contributed by atoms with E-state index < -0.39 is 0 Å². The van der Waals surface area contributed by atoms with Gasteiger partial charge in [0.05, 0.1) is 7.11 Å². The zero-order valence-electron chi connectivity index (χ0n) is 12.6. The van der Waals surface area contributed by atoms with Crippen LogP contribution in [0.1, 0.15) is 43.4 Å². The summed E-state index contributed by atoms with van der Waals surface area (Å²) in [7, 11) is 1.66. The van der Waals surface area contributed by atoms with Crippen LogP contribution in [-0.4, -0.2) is 25.0 Å². The van der Waals surface area contributed by atoms with Gasteiger partial charge in [-0.3, -0.25) is 4.79 Å². The number of ketones is 1. The molecule has 1 aromatic rings. The van der Waals surface area contributed by atoms with E-state index in [1.54, 1.807) is 7.11 Å². The minimum atomic E-state index is -0.337. The number of hydrogen-bond donors (Lipinski definition) is 1. The summed E-state index contributed by atoms with van der Waals surface area (Å²) in [6.45, 7) is 2.19. The minimum absolute atomic E-state index is 0.179. The van der Waals surface area contributed by atoms with Crippen molar-refractivity contribution in [2.24, 2.45) is 5.92 Å². The van der Waals surface area contributed by atoms with Crippen LogP contribution in [0.25, 0.3) is 0 Å². The van der Waals surface area contributed by atoms with E-state index in [4.69, 9.17) is 9.47 Å². The predicted octanol–water partition coefficient (Wildman–Crippen LogP) is 2.87. The molecule has 1 aromatic carbocycles. The van der Waals surface area contributed by atoms with Gasteiger partial charge >= 0.3 is 0 Å². The molecule has 5 heteroatoms. The third-order valence-electron chi connectivity index (χ3n) is 6.23. The summed E-state index contributed by atoms with van der Waals surface area (Å²) in [5.74, 6) is 2.27. The fraction of sp³-hybridized carbons (Fsp3) is 0.588. The Morgan fingerprint density at radius 1 is 1.55 bits per heavy atom. The van der Waals surface area contributed by atoms with E-state index in [1.807, 2.05) is 6.07 Å². The van der Waals surface area contributed by atoms with Crippen LogP contribution in [0.5, 0.6) is 11.5 Å². The molecule has 4 unspecified atom stereocenters. The van der Waals surface area contributed by atoms with E-state index in [2.05, 4.69) is 28.2 Å². The van der Waals surface area contributed by atoms with E-state index in [1.165, 1.54) is 11.1 Å². The molecule has 0 spiro atoms. The lowest BCUT2D eigenvalue weighted by Crippen LogP contribution is -2.55. The molecule has 4 aliphatic rings. The van der Waals surface area contributed by atoms with Crippen LogP contribution in [0.3, 0.4) is 0 Å². The molecule has 2 aliphatic carbocycles. The maximum absolute atomic E-state index is 12.6. The van der Waals surface area contributed by atoms with Gasteiger partial charge < -0.3 is 14.8 Å². The van der Waals surface area contributed by atoms with Crippen molar-refractivity contribution >= 4 is 21.7 Å². The molecule has 2 aliphatic heterocycles. The average molecular weight is 364 g/mol. The molecular weight excluding hydrogens is 346 g/mol.